The predicted octanol–water partition coefficient (Wildman–Crippen LogP) is 7.00. The average Bonchev–Trinajstić information content (AvgIpc) is 3.65. The molecule has 0 aliphatic carbocycles. The summed E-state index contributed by atoms with van der Waals surface area (Å²) in [5, 5.41) is 22.9. The van der Waals surface area contributed by atoms with Crippen LogP contribution in [0.5, 0.6) is 11.5 Å². The molecule has 0 amide bonds. The van der Waals surface area contributed by atoms with Gasteiger partial charge < -0.3 is 9.47 Å². The van der Waals surface area contributed by atoms with Crippen LogP contribution < -0.4 is 9.47 Å². The zero-order chi connectivity index (χ0) is 30.7. The highest BCUT2D eigenvalue weighted by molar-refractivity contribution is 7.71. The quantitative estimate of drug-likeness (QED) is 0.140. The summed E-state index contributed by atoms with van der Waals surface area (Å²) in [6, 6.07) is 34.8. The van der Waals surface area contributed by atoms with Gasteiger partial charge in [-0.2, -0.15) is 29.8 Å². The number of H-pyrrole nitrogens is 2. The van der Waals surface area contributed by atoms with Gasteiger partial charge in [0.25, 0.3) is 0 Å². The van der Waals surface area contributed by atoms with Gasteiger partial charge in [-0.25, -0.2) is 10.2 Å². The third kappa shape index (κ3) is 7.48. The number of hydrogen-bond donors (Lipinski definition) is 2. The first-order valence-corrected chi connectivity index (χ1v) is 14.2. The van der Waals surface area contributed by atoms with Crippen molar-refractivity contribution >= 4 is 36.9 Å². The Morgan fingerprint density at radius 1 is 0.591 bits per heavy atom. The van der Waals surface area contributed by atoms with Crippen LogP contribution in [0.25, 0.3) is 22.8 Å². The van der Waals surface area contributed by atoms with Crippen LogP contribution >= 0.6 is 24.4 Å². The Morgan fingerprint density at radius 3 is 1.39 bits per heavy atom. The minimum Gasteiger partial charge on any atom is -0.497 e. The number of aromatic amines is 2. The topological polar surface area (TPSA) is 110 Å². The largest absolute Gasteiger partial charge is 0.497 e. The van der Waals surface area contributed by atoms with E-state index >= 15 is 0 Å². The van der Waals surface area contributed by atoms with E-state index in [0.29, 0.717) is 21.2 Å². The number of nitrogens with one attached hydrogen (secondary N) is 2. The van der Waals surface area contributed by atoms with Crippen molar-refractivity contribution in [2.24, 2.45) is 10.2 Å². The maximum atomic E-state index is 5.25. The lowest BCUT2D eigenvalue weighted by Gasteiger charge is -2.03. The summed E-state index contributed by atoms with van der Waals surface area (Å²) in [4.78, 5) is 0. The van der Waals surface area contributed by atoms with Crippen LogP contribution in [0, 0.1) is 9.54 Å². The van der Waals surface area contributed by atoms with Gasteiger partial charge in [-0.05, 0) is 59.8 Å². The summed E-state index contributed by atoms with van der Waals surface area (Å²) in [6.45, 7) is 0. The first-order valence-electron chi connectivity index (χ1n) is 13.4. The van der Waals surface area contributed by atoms with Crippen molar-refractivity contribution in [3.8, 4) is 34.3 Å². The molecule has 4 aromatic carbocycles. The molecule has 44 heavy (non-hydrogen) atoms. The molecule has 6 aromatic rings. The number of rotatable bonds is 8. The molecule has 0 fully saturated rings. The van der Waals surface area contributed by atoms with Crippen LogP contribution in [-0.2, 0) is 0 Å². The smallest absolute Gasteiger partial charge is 0.216 e. The summed E-state index contributed by atoms with van der Waals surface area (Å²) in [5.74, 6) is 2.78. The fraction of sp³-hybridized carbons (Fsp3) is 0.0625. The lowest BCUT2D eigenvalue weighted by atomic mass is 10.2. The summed E-state index contributed by atoms with van der Waals surface area (Å²) in [6.07, 6.45) is 3.49. The van der Waals surface area contributed by atoms with Crippen LogP contribution in [0.1, 0.15) is 11.1 Å². The van der Waals surface area contributed by atoms with Gasteiger partial charge in [-0.3, -0.25) is 0 Å². The number of hydrogen-bond acceptors (Lipinski definition) is 8. The lowest BCUT2D eigenvalue weighted by Crippen LogP contribution is -1.95. The maximum Gasteiger partial charge on any atom is 0.216 e. The molecule has 0 bridgehead atoms. The van der Waals surface area contributed by atoms with Gasteiger partial charge in [0.15, 0.2) is 11.6 Å². The van der Waals surface area contributed by atoms with Crippen LogP contribution in [0.15, 0.2) is 119 Å². The average molecular weight is 621 g/mol. The van der Waals surface area contributed by atoms with Crippen molar-refractivity contribution in [2.75, 3.05) is 14.2 Å². The number of methoxy groups -OCH3 is 2. The Balaban J connectivity index is 0.000000175. The van der Waals surface area contributed by atoms with Crippen molar-refractivity contribution in [1.82, 2.24) is 29.7 Å². The van der Waals surface area contributed by atoms with Gasteiger partial charge in [0.05, 0.1) is 26.6 Å². The highest BCUT2D eigenvalue weighted by Crippen LogP contribution is 2.23. The van der Waals surface area contributed by atoms with Crippen LogP contribution in [0.3, 0.4) is 0 Å². The first-order chi connectivity index (χ1) is 21.6. The summed E-state index contributed by atoms with van der Waals surface area (Å²) < 4.78 is 14.5. The highest BCUT2D eigenvalue weighted by Gasteiger charge is 2.10. The molecule has 0 atom stereocenters. The van der Waals surface area contributed by atoms with Crippen molar-refractivity contribution in [3.05, 3.63) is 130 Å². The van der Waals surface area contributed by atoms with E-state index in [1.807, 2.05) is 109 Å². The maximum absolute atomic E-state index is 5.25. The highest BCUT2D eigenvalue weighted by atomic mass is 32.1. The predicted molar refractivity (Wildman–Crippen MR) is 178 cm³/mol. The van der Waals surface area contributed by atoms with Gasteiger partial charge in [0, 0.05) is 11.1 Å². The molecular weight excluding hydrogens is 593 g/mol. The van der Waals surface area contributed by atoms with Crippen molar-refractivity contribution in [2.45, 2.75) is 0 Å². The van der Waals surface area contributed by atoms with E-state index in [2.05, 4.69) is 30.6 Å². The summed E-state index contributed by atoms with van der Waals surface area (Å²) in [5.41, 5.74) is 3.72. The Morgan fingerprint density at radius 2 is 1.00 bits per heavy atom. The molecule has 10 nitrogen and oxygen atoms in total. The van der Waals surface area contributed by atoms with Crippen LogP contribution in [-0.4, -0.2) is 56.4 Å². The Labute approximate surface area is 264 Å². The second-order valence-electron chi connectivity index (χ2n) is 9.10. The lowest BCUT2D eigenvalue weighted by molar-refractivity contribution is 0.415. The summed E-state index contributed by atoms with van der Waals surface area (Å²) >= 11 is 10.5. The van der Waals surface area contributed by atoms with Gasteiger partial charge in [-0.15, -0.1) is 0 Å². The number of ether oxygens (including phenoxy) is 2. The van der Waals surface area contributed by atoms with E-state index in [4.69, 9.17) is 33.9 Å². The molecule has 0 aliphatic rings. The third-order valence-electron chi connectivity index (χ3n) is 6.20. The van der Waals surface area contributed by atoms with E-state index in [1.54, 1.807) is 36.0 Å². The van der Waals surface area contributed by atoms with Crippen molar-refractivity contribution < 1.29 is 9.47 Å². The Kier molecular flexibility index (Phi) is 9.98. The van der Waals surface area contributed by atoms with E-state index in [0.717, 1.165) is 33.8 Å². The van der Waals surface area contributed by atoms with Crippen molar-refractivity contribution in [1.29, 1.82) is 0 Å². The van der Waals surface area contributed by atoms with Crippen LogP contribution in [0.2, 0.25) is 0 Å². The number of benzene rings is 4. The molecular formula is C32H28N8O2S2. The van der Waals surface area contributed by atoms with E-state index < -0.39 is 0 Å². The molecule has 0 aliphatic heterocycles. The molecule has 2 heterocycles. The molecule has 0 unspecified atom stereocenters. The monoisotopic (exact) mass is 620 g/mol. The third-order valence-corrected chi connectivity index (χ3v) is 6.73. The fourth-order valence-electron chi connectivity index (χ4n) is 4.02. The minimum absolute atomic E-state index is 0.435. The molecule has 0 saturated heterocycles. The molecule has 2 aromatic heterocycles. The van der Waals surface area contributed by atoms with E-state index in [9.17, 15) is 0 Å². The number of aromatic nitrogens is 6. The molecule has 6 rings (SSSR count). The fourth-order valence-corrected chi connectivity index (χ4v) is 4.38. The Hall–Kier alpha value is -5.46. The van der Waals surface area contributed by atoms with Gasteiger partial charge in [0.1, 0.15) is 11.5 Å². The molecule has 0 radical (unpaired) electrons. The minimum atomic E-state index is 0.435. The second kappa shape index (κ2) is 14.6. The van der Waals surface area contributed by atoms with E-state index in [1.165, 1.54) is 0 Å². The molecule has 220 valence electrons. The first kappa shape index (κ1) is 30.0. The van der Waals surface area contributed by atoms with E-state index in [-0.39, 0.29) is 0 Å². The molecule has 0 saturated carbocycles. The Bertz CT molecular complexity index is 1850. The second-order valence-corrected chi connectivity index (χ2v) is 9.88. The molecule has 2 N–H and O–H groups in total. The molecule has 0 spiro atoms. The normalized spacial score (nSPS) is 11.0. The summed E-state index contributed by atoms with van der Waals surface area (Å²) in [7, 11) is 3.26. The number of nitrogens with zero attached hydrogens (tertiary/aromatic N) is 6. The van der Waals surface area contributed by atoms with Crippen LogP contribution in [0.4, 0.5) is 0 Å². The van der Waals surface area contributed by atoms with Gasteiger partial charge in [-0.1, -0.05) is 84.9 Å². The van der Waals surface area contributed by atoms with Gasteiger partial charge >= 0.3 is 0 Å². The zero-order valence-corrected chi connectivity index (χ0v) is 25.5. The standard InChI is InChI=1S/2C16H14N4OS/c2*1-21-14-9-5-8-13(10-14)15-18-19-16(22)20(15)17-11-12-6-3-2-4-7-12/h2*2-11H,1H3,(H,19,22). The van der Waals surface area contributed by atoms with Crippen molar-refractivity contribution in [3.63, 3.8) is 0 Å². The molecule has 12 heteroatoms. The van der Waals surface area contributed by atoms with Gasteiger partial charge in [0.2, 0.25) is 9.54 Å². The zero-order valence-electron chi connectivity index (χ0n) is 23.9. The SMILES string of the molecule is COc1cccc(-c2n[nH]c(=S)n2N=Cc2ccccc2)c1.COc1cccc(-c2n[nH]c(=S)n2N=Cc2ccccc2)c1.